The average Bonchev–Trinajstić information content (AvgIpc) is 3.33. The average molecular weight is 385 g/mol. The first-order valence-electron chi connectivity index (χ1n) is 11.3. The van der Waals surface area contributed by atoms with E-state index in [-0.39, 0.29) is 22.7 Å². The van der Waals surface area contributed by atoms with E-state index in [4.69, 9.17) is 9.15 Å². The van der Waals surface area contributed by atoms with Crippen LogP contribution >= 0.6 is 0 Å². The number of hydrogen-bond acceptors (Lipinski definition) is 4. The molecule has 5 fully saturated rings. The summed E-state index contributed by atoms with van der Waals surface area (Å²) in [6.45, 7) is 4.97. The molecule has 1 aliphatic heterocycles. The molecule has 0 bridgehead atoms. The zero-order chi connectivity index (χ0) is 19.3. The van der Waals surface area contributed by atoms with Crippen LogP contribution in [0.2, 0.25) is 0 Å². The molecule has 4 heteroatoms. The van der Waals surface area contributed by atoms with Crippen LogP contribution in [-0.4, -0.2) is 22.9 Å². The van der Waals surface area contributed by atoms with Gasteiger partial charge in [-0.25, -0.2) is 4.79 Å². The third-order valence-electron chi connectivity index (χ3n) is 10.2. The third kappa shape index (κ3) is 2.01. The molecule has 1 spiro atoms. The van der Waals surface area contributed by atoms with Gasteiger partial charge in [0.25, 0.3) is 0 Å². The Labute approximate surface area is 166 Å². The van der Waals surface area contributed by atoms with Gasteiger partial charge in [-0.1, -0.05) is 13.8 Å². The lowest BCUT2D eigenvalue weighted by atomic mass is 9.44. The normalized spacial score (nSPS) is 54.2. The zero-order valence-electron chi connectivity index (χ0n) is 17.0. The molecule has 0 radical (unpaired) electrons. The standard InChI is InChI=1S/C24H32O4/c1-22-9-7-16(25)11-15(22)4-5-18-17(22)8-10-23(2)19(12-20-24(18,23)28-20)14-3-6-21(26)27-13-14/h3,6,13,15-20,25H,4-5,7-12H2,1-2H3/t15-,16-,17?,18-,19+,20-,22-,23-,24+/m0/s1. The Morgan fingerprint density at radius 3 is 2.68 bits per heavy atom. The van der Waals surface area contributed by atoms with Crippen molar-refractivity contribution in [3.63, 3.8) is 0 Å². The lowest BCUT2D eigenvalue weighted by molar-refractivity contribution is -0.139. The second-order valence-electron chi connectivity index (χ2n) is 11.0. The maximum absolute atomic E-state index is 11.4. The quantitative estimate of drug-likeness (QED) is 0.735. The van der Waals surface area contributed by atoms with Crippen LogP contribution in [0.25, 0.3) is 0 Å². The Bertz CT molecular complexity index is 842. The molecule has 0 amide bonds. The van der Waals surface area contributed by atoms with E-state index in [1.54, 1.807) is 12.3 Å². The maximum atomic E-state index is 11.4. The number of fused-ring (bicyclic) bond motifs is 3. The predicted molar refractivity (Wildman–Crippen MR) is 105 cm³/mol. The SMILES string of the molecule is C[C@@]12CCC3[C@H](CC[C@H]4C[C@@H](O)CC[C@]34C)[C@]13O[C@H]3C[C@@H]2c1ccc(=O)oc1. The molecule has 4 nitrogen and oxygen atoms in total. The summed E-state index contributed by atoms with van der Waals surface area (Å²) in [5.74, 6) is 2.48. The summed E-state index contributed by atoms with van der Waals surface area (Å²) in [5, 5.41) is 10.2. The van der Waals surface area contributed by atoms with Crippen LogP contribution in [0.5, 0.6) is 0 Å². The Balaban J connectivity index is 1.36. The number of aliphatic hydroxyl groups is 1. The highest BCUT2D eigenvalue weighted by atomic mass is 16.6. The first kappa shape index (κ1) is 17.7. The van der Waals surface area contributed by atoms with Crippen LogP contribution in [0.1, 0.15) is 76.7 Å². The molecule has 4 aliphatic carbocycles. The topological polar surface area (TPSA) is 63.0 Å². The fraction of sp³-hybridized carbons (Fsp3) is 0.792. The van der Waals surface area contributed by atoms with Crippen LogP contribution < -0.4 is 5.63 Å². The van der Waals surface area contributed by atoms with Gasteiger partial charge in [-0.05, 0) is 92.1 Å². The summed E-state index contributed by atoms with van der Waals surface area (Å²) in [6.07, 6.45) is 11.1. The predicted octanol–water partition coefficient (Wildman–Crippen LogP) is 4.26. The first-order chi connectivity index (χ1) is 13.4. The molecule has 5 aliphatic rings. The smallest absolute Gasteiger partial charge is 0.335 e. The van der Waals surface area contributed by atoms with Gasteiger partial charge in [0.05, 0.1) is 18.5 Å². The number of hydrogen-bond donors (Lipinski definition) is 1. The molecule has 1 N–H and O–H groups in total. The van der Waals surface area contributed by atoms with Crippen molar-refractivity contribution in [1.82, 2.24) is 0 Å². The maximum Gasteiger partial charge on any atom is 0.335 e. The number of epoxide rings is 1. The van der Waals surface area contributed by atoms with Gasteiger partial charge in [0, 0.05) is 11.5 Å². The molecule has 0 aromatic carbocycles. The highest BCUT2D eigenvalue weighted by Gasteiger charge is 2.80. The highest BCUT2D eigenvalue weighted by Crippen LogP contribution is 2.77. The van der Waals surface area contributed by atoms with Gasteiger partial charge in [-0.15, -0.1) is 0 Å². The molecule has 9 atom stereocenters. The molecule has 4 saturated carbocycles. The van der Waals surface area contributed by atoms with Gasteiger partial charge >= 0.3 is 5.63 Å². The second kappa shape index (κ2) is 5.51. The van der Waals surface area contributed by atoms with Crippen molar-refractivity contribution in [3.05, 3.63) is 34.4 Å². The Morgan fingerprint density at radius 1 is 1.04 bits per heavy atom. The van der Waals surface area contributed by atoms with Gasteiger partial charge in [-0.2, -0.15) is 0 Å². The molecule has 2 heterocycles. The van der Waals surface area contributed by atoms with E-state index in [9.17, 15) is 9.90 Å². The molecular formula is C24H32O4. The van der Waals surface area contributed by atoms with Crippen LogP contribution in [0.3, 0.4) is 0 Å². The molecule has 1 unspecified atom stereocenters. The second-order valence-corrected chi connectivity index (χ2v) is 11.0. The lowest BCUT2D eigenvalue weighted by Crippen LogP contribution is -2.58. The largest absolute Gasteiger partial charge is 0.431 e. The van der Waals surface area contributed by atoms with E-state index in [0.29, 0.717) is 29.3 Å². The Hall–Kier alpha value is -1.13. The molecule has 6 rings (SSSR count). The number of aliphatic hydroxyl groups excluding tert-OH is 1. The Morgan fingerprint density at radius 2 is 1.89 bits per heavy atom. The summed E-state index contributed by atoms with van der Waals surface area (Å²) in [5.41, 5.74) is 1.44. The first-order valence-corrected chi connectivity index (χ1v) is 11.3. The van der Waals surface area contributed by atoms with E-state index in [1.165, 1.54) is 37.7 Å². The third-order valence-corrected chi connectivity index (χ3v) is 10.2. The van der Waals surface area contributed by atoms with E-state index < -0.39 is 0 Å². The van der Waals surface area contributed by atoms with Crippen molar-refractivity contribution in [2.75, 3.05) is 0 Å². The highest BCUT2D eigenvalue weighted by molar-refractivity contribution is 5.35. The van der Waals surface area contributed by atoms with Crippen LogP contribution in [0, 0.1) is 28.6 Å². The van der Waals surface area contributed by atoms with Gasteiger partial charge in [0.15, 0.2) is 0 Å². The van der Waals surface area contributed by atoms with E-state index in [1.807, 2.05) is 6.07 Å². The minimum absolute atomic E-state index is 0.0285. The van der Waals surface area contributed by atoms with Gasteiger partial charge in [0.1, 0.15) is 5.60 Å². The molecule has 1 saturated heterocycles. The summed E-state index contributed by atoms with van der Waals surface area (Å²) >= 11 is 0. The minimum atomic E-state index is -0.266. The van der Waals surface area contributed by atoms with E-state index >= 15 is 0 Å². The fourth-order valence-electron chi connectivity index (χ4n) is 8.74. The van der Waals surface area contributed by atoms with Crippen molar-refractivity contribution in [2.45, 2.75) is 88.9 Å². The molecule has 1 aromatic heterocycles. The summed E-state index contributed by atoms with van der Waals surface area (Å²) in [7, 11) is 0. The molecular weight excluding hydrogens is 352 g/mol. The van der Waals surface area contributed by atoms with Crippen molar-refractivity contribution < 1.29 is 14.3 Å². The van der Waals surface area contributed by atoms with Gasteiger partial charge < -0.3 is 14.3 Å². The van der Waals surface area contributed by atoms with Crippen molar-refractivity contribution in [2.24, 2.45) is 28.6 Å². The zero-order valence-corrected chi connectivity index (χ0v) is 17.0. The molecule has 1 aromatic rings. The minimum Gasteiger partial charge on any atom is -0.431 e. The van der Waals surface area contributed by atoms with Crippen LogP contribution in [0.4, 0.5) is 0 Å². The monoisotopic (exact) mass is 384 g/mol. The van der Waals surface area contributed by atoms with E-state index in [2.05, 4.69) is 13.8 Å². The van der Waals surface area contributed by atoms with Gasteiger partial charge in [-0.3, -0.25) is 0 Å². The van der Waals surface area contributed by atoms with Gasteiger partial charge in [0.2, 0.25) is 0 Å². The number of rotatable bonds is 1. The summed E-state index contributed by atoms with van der Waals surface area (Å²) in [4.78, 5) is 11.4. The van der Waals surface area contributed by atoms with Crippen molar-refractivity contribution in [3.8, 4) is 0 Å². The lowest BCUT2D eigenvalue weighted by Gasteiger charge is -2.61. The van der Waals surface area contributed by atoms with Crippen molar-refractivity contribution >= 4 is 0 Å². The van der Waals surface area contributed by atoms with Crippen LogP contribution in [0.15, 0.2) is 27.6 Å². The summed E-state index contributed by atoms with van der Waals surface area (Å²) < 4.78 is 11.8. The molecule has 28 heavy (non-hydrogen) atoms. The summed E-state index contributed by atoms with van der Waals surface area (Å²) in [6, 6.07) is 3.55. The fourth-order valence-corrected chi connectivity index (χ4v) is 8.74. The molecule has 152 valence electrons. The van der Waals surface area contributed by atoms with Crippen molar-refractivity contribution in [1.29, 1.82) is 0 Å². The Kier molecular flexibility index (Phi) is 3.49. The number of ether oxygens (including phenoxy) is 1. The van der Waals surface area contributed by atoms with E-state index in [0.717, 1.165) is 25.2 Å². The van der Waals surface area contributed by atoms with Crippen LogP contribution in [-0.2, 0) is 4.74 Å².